The Labute approximate surface area is 86.5 Å². The van der Waals surface area contributed by atoms with E-state index in [0.717, 1.165) is 39.0 Å². The van der Waals surface area contributed by atoms with Gasteiger partial charge in [-0.2, -0.15) is 0 Å². The Balaban J connectivity index is 2.04. The Morgan fingerprint density at radius 3 is 2.79 bits per heavy atom. The van der Waals surface area contributed by atoms with E-state index in [1.54, 1.807) is 0 Å². The quantitative estimate of drug-likeness (QED) is 0.688. The van der Waals surface area contributed by atoms with Crippen molar-refractivity contribution in [2.75, 3.05) is 26.2 Å². The lowest BCUT2D eigenvalue weighted by Gasteiger charge is -2.43. The van der Waals surface area contributed by atoms with Gasteiger partial charge in [0.2, 0.25) is 0 Å². The van der Waals surface area contributed by atoms with Crippen molar-refractivity contribution < 1.29 is 5.11 Å². The normalized spacial score (nSPS) is 40.3. The SMILES string of the molecule is CCC1CCCC1(O)N1CCNCC1. The lowest BCUT2D eigenvalue weighted by Crippen LogP contribution is -2.57. The molecule has 0 aromatic carbocycles. The van der Waals surface area contributed by atoms with Crippen LogP contribution in [-0.2, 0) is 0 Å². The summed E-state index contributed by atoms with van der Waals surface area (Å²) in [6.07, 6.45) is 4.49. The first-order chi connectivity index (χ1) is 6.77. The monoisotopic (exact) mass is 198 g/mol. The van der Waals surface area contributed by atoms with Crippen LogP contribution in [0.15, 0.2) is 0 Å². The molecule has 2 unspecified atom stereocenters. The van der Waals surface area contributed by atoms with E-state index >= 15 is 0 Å². The predicted molar refractivity (Wildman–Crippen MR) is 57.0 cm³/mol. The van der Waals surface area contributed by atoms with Gasteiger partial charge in [0.15, 0.2) is 0 Å². The minimum absolute atomic E-state index is 0.475. The molecular formula is C11H22N2O. The van der Waals surface area contributed by atoms with Crippen molar-refractivity contribution in [3.63, 3.8) is 0 Å². The first-order valence-electron chi connectivity index (χ1n) is 5.95. The topological polar surface area (TPSA) is 35.5 Å². The first kappa shape index (κ1) is 10.4. The number of piperazine rings is 1. The highest BCUT2D eigenvalue weighted by atomic mass is 16.3. The molecule has 1 saturated carbocycles. The highest BCUT2D eigenvalue weighted by Gasteiger charge is 2.44. The van der Waals surface area contributed by atoms with Gasteiger partial charge in [-0.1, -0.05) is 6.92 Å². The van der Waals surface area contributed by atoms with Crippen molar-refractivity contribution in [1.29, 1.82) is 0 Å². The van der Waals surface area contributed by atoms with Crippen LogP contribution in [0.1, 0.15) is 32.6 Å². The summed E-state index contributed by atoms with van der Waals surface area (Å²) in [5, 5.41) is 14.0. The lowest BCUT2D eigenvalue weighted by molar-refractivity contribution is -0.139. The fraction of sp³-hybridized carbons (Fsp3) is 1.00. The van der Waals surface area contributed by atoms with Crippen LogP contribution in [0, 0.1) is 5.92 Å². The molecule has 2 atom stereocenters. The molecule has 3 heteroatoms. The maximum absolute atomic E-state index is 10.7. The maximum atomic E-state index is 10.7. The van der Waals surface area contributed by atoms with Gasteiger partial charge in [-0.25, -0.2) is 0 Å². The van der Waals surface area contributed by atoms with E-state index in [2.05, 4.69) is 17.1 Å². The lowest BCUT2D eigenvalue weighted by atomic mass is 9.94. The molecule has 2 fully saturated rings. The van der Waals surface area contributed by atoms with Crippen LogP contribution < -0.4 is 5.32 Å². The van der Waals surface area contributed by atoms with Gasteiger partial charge >= 0.3 is 0 Å². The van der Waals surface area contributed by atoms with E-state index in [0.29, 0.717) is 5.92 Å². The Kier molecular flexibility index (Phi) is 3.10. The number of aliphatic hydroxyl groups is 1. The highest BCUT2D eigenvalue weighted by molar-refractivity contribution is 4.93. The second-order valence-electron chi connectivity index (χ2n) is 4.61. The van der Waals surface area contributed by atoms with Crippen LogP contribution in [0.2, 0.25) is 0 Å². The summed E-state index contributed by atoms with van der Waals surface area (Å²) in [6, 6.07) is 0. The van der Waals surface area contributed by atoms with Crippen LogP contribution in [0.3, 0.4) is 0 Å². The molecule has 1 heterocycles. The van der Waals surface area contributed by atoms with Crippen molar-refractivity contribution >= 4 is 0 Å². The molecule has 2 N–H and O–H groups in total. The van der Waals surface area contributed by atoms with Crippen molar-refractivity contribution in [1.82, 2.24) is 10.2 Å². The van der Waals surface area contributed by atoms with Gasteiger partial charge < -0.3 is 10.4 Å². The van der Waals surface area contributed by atoms with E-state index in [1.165, 1.54) is 12.8 Å². The molecule has 1 aliphatic heterocycles. The minimum Gasteiger partial charge on any atom is -0.375 e. The third-order valence-corrected chi connectivity index (χ3v) is 3.91. The van der Waals surface area contributed by atoms with Gasteiger partial charge in [-0.3, -0.25) is 4.90 Å². The molecule has 0 radical (unpaired) electrons. The third-order valence-electron chi connectivity index (χ3n) is 3.91. The number of hydrogen-bond acceptors (Lipinski definition) is 3. The van der Waals surface area contributed by atoms with Crippen molar-refractivity contribution in [3.8, 4) is 0 Å². The van der Waals surface area contributed by atoms with E-state index in [9.17, 15) is 5.11 Å². The molecule has 3 nitrogen and oxygen atoms in total. The highest BCUT2D eigenvalue weighted by Crippen LogP contribution is 2.40. The number of rotatable bonds is 2. The molecule has 14 heavy (non-hydrogen) atoms. The molecule has 0 aromatic heterocycles. The van der Waals surface area contributed by atoms with E-state index < -0.39 is 5.72 Å². The summed E-state index contributed by atoms with van der Waals surface area (Å²) < 4.78 is 0. The molecule has 0 amide bonds. The minimum atomic E-state index is -0.475. The van der Waals surface area contributed by atoms with Gasteiger partial charge in [-0.15, -0.1) is 0 Å². The van der Waals surface area contributed by atoms with Crippen LogP contribution in [0.4, 0.5) is 0 Å². The van der Waals surface area contributed by atoms with Crippen molar-refractivity contribution in [3.05, 3.63) is 0 Å². The summed E-state index contributed by atoms with van der Waals surface area (Å²) in [6.45, 7) is 6.26. The van der Waals surface area contributed by atoms with Crippen molar-refractivity contribution in [2.24, 2.45) is 5.92 Å². The number of nitrogens with zero attached hydrogens (tertiary/aromatic N) is 1. The van der Waals surface area contributed by atoms with Crippen LogP contribution >= 0.6 is 0 Å². The molecule has 1 saturated heterocycles. The molecule has 1 aliphatic carbocycles. The second kappa shape index (κ2) is 4.17. The largest absolute Gasteiger partial charge is 0.375 e. The zero-order valence-corrected chi connectivity index (χ0v) is 9.13. The van der Waals surface area contributed by atoms with Gasteiger partial charge in [0, 0.05) is 32.1 Å². The van der Waals surface area contributed by atoms with Gasteiger partial charge in [0.1, 0.15) is 5.72 Å². The molecule has 2 rings (SSSR count). The second-order valence-corrected chi connectivity index (χ2v) is 4.61. The van der Waals surface area contributed by atoms with Gasteiger partial charge in [0.05, 0.1) is 0 Å². The Hall–Kier alpha value is -0.120. The van der Waals surface area contributed by atoms with Crippen LogP contribution in [-0.4, -0.2) is 41.9 Å². The Morgan fingerprint density at radius 1 is 1.43 bits per heavy atom. The summed E-state index contributed by atoms with van der Waals surface area (Å²) in [5.41, 5.74) is -0.475. The standard InChI is InChI=1S/C11H22N2O/c1-2-10-4-3-5-11(10,14)13-8-6-12-7-9-13/h10,12,14H,2-9H2,1H3. The van der Waals surface area contributed by atoms with E-state index in [-0.39, 0.29) is 0 Å². The molecule has 82 valence electrons. The summed E-state index contributed by atoms with van der Waals surface area (Å²) in [5.74, 6) is 0.501. The zero-order valence-electron chi connectivity index (χ0n) is 9.13. The molecular weight excluding hydrogens is 176 g/mol. The predicted octanol–water partition coefficient (Wildman–Crippen LogP) is 0.790. The first-order valence-corrected chi connectivity index (χ1v) is 5.95. The van der Waals surface area contributed by atoms with Crippen LogP contribution in [0.25, 0.3) is 0 Å². The zero-order chi connectivity index (χ0) is 10.0. The van der Waals surface area contributed by atoms with E-state index in [4.69, 9.17) is 0 Å². The number of nitrogens with one attached hydrogen (secondary N) is 1. The van der Waals surface area contributed by atoms with Gasteiger partial charge in [0.25, 0.3) is 0 Å². The van der Waals surface area contributed by atoms with Crippen LogP contribution in [0.5, 0.6) is 0 Å². The smallest absolute Gasteiger partial charge is 0.121 e. The fourth-order valence-corrected chi connectivity index (χ4v) is 3.04. The third kappa shape index (κ3) is 1.69. The Bertz CT molecular complexity index is 192. The maximum Gasteiger partial charge on any atom is 0.121 e. The fourth-order valence-electron chi connectivity index (χ4n) is 3.04. The molecule has 0 bridgehead atoms. The van der Waals surface area contributed by atoms with Crippen molar-refractivity contribution in [2.45, 2.75) is 38.3 Å². The molecule has 0 spiro atoms. The van der Waals surface area contributed by atoms with Gasteiger partial charge in [-0.05, 0) is 25.7 Å². The summed E-state index contributed by atoms with van der Waals surface area (Å²) >= 11 is 0. The average molecular weight is 198 g/mol. The van der Waals surface area contributed by atoms with E-state index in [1.807, 2.05) is 0 Å². The summed E-state index contributed by atoms with van der Waals surface area (Å²) in [7, 11) is 0. The number of hydrogen-bond donors (Lipinski definition) is 2. The Morgan fingerprint density at radius 2 is 2.14 bits per heavy atom. The summed E-state index contributed by atoms with van der Waals surface area (Å²) in [4.78, 5) is 2.30. The average Bonchev–Trinajstić information content (AvgIpc) is 2.62. The molecule has 0 aromatic rings. The molecule has 2 aliphatic rings.